The van der Waals surface area contributed by atoms with Gasteiger partial charge in [0.25, 0.3) is 0 Å². The predicted molar refractivity (Wildman–Crippen MR) is 38.2 cm³/mol. The summed E-state index contributed by atoms with van der Waals surface area (Å²) in [6, 6.07) is -1.89. The second-order valence-corrected chi connectivity index (χ2v) is 3.06. The maximum absolute atomic E-state index is 12.2. The number of hydrogen-bond acceptors (Lipinski definition) is 2. The molecule has 1 aliphatic rings. The van der Waals surface area contributed by atoms with Crippen LogP contribution in [0.4, 0.5) is 13.2 Å². The summed E-state index contributed by atoms with van der Waals surface area (Å²) in [5.74, 6) is -2.72. The molecule has 76 valence electrons. The lowest BCUT2D eigenvalue weighted by Crippen LogP contribution is -2.53. The van der Waals surface area contributed by atoms with Crippen molar-refractivity contribution >= 4 is 5.97 Å². The zero-order chi connectivity index (χ0) is 10.1. The van der Waals surface area contributed by atoms with E-state index in [4.69, 9.17) is 5.11 Å². The Morgan fingerprint density at radius 1 is 1.46 bits per heavy atom. The summed E-state index contributed by atoms with van der Waals surface area (Å²) in [5.41, 5.74) is 0. The molecule has 0 aromatic rings. The van der Waals surface area contributed by atoms with E-state index in [2.05, 4.69) is 5.32 Å². The summed E-state index contributed by atoms with van der Waals surface area (Å²) in [5, 5.41) is 10.7. The van der Waals surface area contributed by atoms with Crippen LogP contribution in [-0.4, -0.2) is 29.8 Å². The van der Waals surface area contributed by atoms with Gasteiger partial charge in [-0.15, -0.1) is 0 Å². The second-order valence-electron chi connectivity index (χ2n) is 3.06. The van der Waals surface area contributed by atoms with Gasteiger partial charge in [0.2, 0.25) is 0 Å². The summed E-state index contributed by atoms with van der Waals surface area (Å²) in [7, 11) is 0. The molecule has 1 saturated heterocycles. The topological polar surface area (TPSA) is 49.3 Å². The molecule has 2 atom stereocenters. The molecule has 1 aliphatic heterocycles. The SMILES string of the molecule is O=C(O)[C@@H]1CCCN[C@H]1C(F)(F)F. The van der Waals surface area contributed by atoms with Gasteiger partial charge in [-0.1, -0.05) is 0 Å². The van der Waals surface area contributed by atoms with E-state index in [1.807, 2.05) is 0 Å². The molecule has 0 aromatic carbocycles. The number of carboxylic acid groups (broad SMARTS) is 1. The normalized spacial score (nSPS) is 30.1. The minimum atomic E-state index is -4.47. The van der Waals surface area contributed by atoms with Gasteiger partial charge in [0.1, 0.15) is 6.04 Å². The first-order chi connectivity index (χ1) is 5.93. The lowest BCUT2D eigenvalue weighted by atomic mass is 9.90. The minimum absolute atomic E-state index is 0.0898. The monoisotopic (exact) mass is 197 g/mol. The van der Waals surface area contributed by atoms with E-state index >= 15 is 0 Å². The smallest absolute Gasteiger partial charge is 0.404 e. The van der Waals surface area contributed by atoms with Crippen LogP contribution >= 0.6 is 0 Å². The molecule has 0 aromatic heterocycles. The van der Waals surface area contributed by atoms with Gasteiger partial charge in [-0.25, -0.2) is 0 Å². The van der Waals surface area contributed by atoms with Crippen LogP contribution in [-0.2, 0) is 4.79 Å². The highest BCUT2D eigenvalue weighted by Gasteiger charge is 2.48. The number of carboxylic acids is 1. The number of piperidine rings is 1. The lowest BCUT2D eigenvalue weighted by Gasteiger charge is -2.31. The van der Waals surface area contributed by atoms with Crippen LogP contribution in [0, 0.1) is 5.92 Å². The highest BCUT2D eigenvalue weighted by molar-refractivity contribution is 5.71. The van der Waals surface area contributed by atoms with Crippen molar-refractivity contribution in [2.45, 2.75) is 25.1 Å². The molecule has 0 radical (unpaired) electrons. The van der Waals surface area contributed by atoms with Crippen LogP contribution in [0.5, 0.6) is 0 Å². The Kier molecular flexibility index (Phi) is 2.80. The first kappa shape index (κ1) is 10.3. The Labute approximate surface area is 72.9 Å². The Balaban J connectivity index is 2.73. The molecule has 0 amide bonds. The Hall–Kier alpha value is -0.780. The van der Waals surface area contributed by atoms with E-state index in [-0.39, 0.29) is 13.0 Å². The van der Waals surface area contributed by atoms with Gasteiger partial charge in [0.05, 0.1) is 5.92 Å². The molecule has 6 heteroatoms. The first-order valence-electron chi connectivity index (χ1n) is 3.96. The standard InChI is InChI=1S/C7H10F3NO2/c8-7(9,10)5-4(6(12)13)2-1-3-11-5/h4-5,11H,1-3H2,(H,12,13)/t4-,5-/m1/s1. The molecule has 2 N–H and O–H groups in total. The van der Waals surface area contributed by atoms with Crippen molar-refractivity contribution in [2.75, 3.05) is 6.54 Å². The molecule has 13 heavy (non-hydrogen) atoms. The molecule has 0 saturated carbocycles. The summed E-state index contributed by atoms with van der Waals surface area (Å²) in [6.07, 6.45) is -3.90. The van der Waals surface area contributed by atoms with Gasteiger partial charge in [0.15, 0.2) is 0 Å². The number of rotatable bonds is 1. The van der Waals surface area contributed by atoms with E-state index in [0.29, 0.717) is 6.42 Å². The summed E-state index contributed by atoms with van der Waals surface area (Å²) in [4.78, 5) is 10.5. The molecule has 0 spiro atoms. The Bertz CT molecular complexity index is 204. The lowest BCUT2D eigenvalue weighted by molar-refractivity contribution is -0.183. The van der Waals surface area contributed by atoms with Crippen LogP contribution in [0.15, 0.2) is 0 Å². The van der Waals surface area contributed by atoms with E-state index < -0.39 is 24.1 Å². The Morgan fingerprint density at radius 2 is 2.08 bits per heavy atom. The third-order valence-corrected chi connectivity index (χ3v) is 2.13. The van der Waals surface area contributed by atoms with Gasteiger partial charge < -0.3 is 10.4 Å². The van der Waals surface area contributed by atoms with Gasteiger partial charge in [-0.2, -0.15) is 13.2 Å². The zero-order valence-corrected chi connectivity index (χ0v) is 6.77. The molecule has 0 unspecified atom stereocenters. The fourth-order valence-electron chi connectivity index (χ4n) is 1.50. The van der Waals surface area contributed by atoms with E-state index in [9.17, 15) is 18.0 Å². The van der Waals surface area contributed by atoms with Crippen LogP contribution in [0.25, 0.3) is 0 Å². The van der Waals surface area contributed by atoms with Gasteiger partial charge >= 0.3 is 12.1 Å². The highest BCUT2D eigenvalue weighted by atomic mass is 19.4. The van der Waals surface area contributed by atoms with Gasteiger partial charge in [-0.05, 0) is 19.4 Å². The second kappa shape index (κ2) is 3.53. The van der Waals surface area contributed by atoms with E-state index in [1.54, 1.807) is 0 Å². The average Bonchev–Trinajstić information content (AvgIpc) is 2.03. The van der Waals surface area contributed by atoms with Crippen molar-refractivity contribution in [3.8, 4) is 0 Å². The summed E-state index contributed by atoms with van der Waals surface area (Å²) in [6.45, 7) is 0.230. The zero-order valence-electron chi connectivity index (χ0n) is 6.77. The van der Waals surface area contributed by atoms with Crippen molar-refractivity contribution in [2.24, 2.45) is 5.92 Å². The van der Waals surface area contributed by atoms with E-state index in [1.165, 1.54) is 0 Å². The molecule has 1 heterocycles. The summed E-state index contributed by atoms with van der Waals surface area (Å²) >= 11 is 0. The van der Waals surface area contributed by atoms with E-state index in [0.717, 1.165) is 0 Å². The predicted octanol–water partition coefficient (Wildman–Crippen LogP) is 1.00. The molecule has 0 bridgehead atoms. The van der Waals surface area contributed by atoms with Crippen molar-refractivity contribution in [1.29, 1.82) is 0 Å². The van der Waals surface area contributed by atoms with Crippen LogP contribution in [0.3, 0.4) is 0 Å². The van der Waals surface area contributed by atoms with Crippen molar-refractivity contribution < 1.29 is 23.1 Å². The minimum Gasteiger partial charge on any atom is -0.481 e. The van der Waals surface area contributed by atoms with Gasteiger partial charge in [0, 0.05) is 0 Å². The van der Waals surface area contributed by atoms with Crippen LogP contribution in [0.1, 0.15) is 12.8 Å². The molecule has 3 nitrogen and oxygen atoms in total. The van der Waals surface area contributed by atoms with Crippen molar-refractivity contribution in [3.63, 3.8) is 0 Å². The maximum Gasteiger partial charge on any atom is 0.404 e. The highest BCUT2D eigenvalue weighted by Crippen LogP contribution is 2.30. The number of carbonyl (C=O) groups is 1. The maximum atomic E-state index is 12.2. The summed E-state index contributed by atoms with van der Waals surface area (Å²) < 4.78 is 36.7. The number of halogens is 3. The fourth-order valence-corrected chi connectivity index (χ4v) is 1.50. The molecular weight excluding hydrogens is 187 g/mol. The van der Waals surface area contributed by atoms with Crippen LogP contribution in [0.2, 0.25) is 0 Å². The van der Waals surface area contributed by atoms with Crippen LogP contribution < -0.4 is 5.32 Å². The average molecular weight is 197 g/mol. The fraction of sp³-hybridized carbons (Fsp3) is 0.857. The van der Waals surface area contributed by atoms with Crippen molar-refractivity contribution in [1.82, 2.24) is 5.32 Å². The first-order valence-corrected chi connectivity index (χ1v) is 3.96. The molecular formula is C7H10F3NO2. The number of nitrogens with one attached hydrogen (secondary N) is 1. The molecule has 1 rings (SSSR count). The third kappa shape index (κ3) is 2.33. The number of hydrogen-bond donors (Lipinski definition) is 2. The Morgan fingerprint density at radius 3 is 2.46 bits per heavy atom. The molecule has 0 aliphatic carbocycles. The molecule has 1 fully saturated rings. The number of alkyl halides is 3. The quantitative estimate of drug-likeness (QED) is 0.659. The third-order valence-electron chi connectivity index (χ3n) is 2.13. The number of aliphatic carboxylic acids is 1. The largest absolute Gasteiger partial charge is 0.481 e. The van der Waals surface area contributed by atoms with Crippen molar-refractivity contribution in [3.05, 3.63) is 0 Å². The van der Waals surface area contributed by atoms with Gasteiger partial charge in [-0.3, -0.25) is 4.79 Å².